The fraction of sp³-hybridized carbons (Fsp3) is 0.462. The molecule has 0 saturated carbocycles. The lowest BCUT2D eigenvalue weighted by Gasteiger charge is -2.13. The van der Waals surface area contributed by atoms with Gasteiger partial charge < -0.3 is 15.2 Å². The zero-order valence-electron chi connectivity index (χ0n) is 10.6. The Morgan fingerprint density at radius 2 is 2.21 bits per heavy atom. The summed E-state index contributed by atoms with van der Waals surface area (Å²) in [5, 5.41) is 11.4. The first kappa shape index (κ1) is 15.4. The standard InChI is InChI=1S/C13H17F2NO3/c1-9(4-3-7-17)16-12(18)10-5-2-6-11(8-10)19-13(14)15/h2,5-6,8-9,13,17H,3-4,7H2,1H3,(H,16,18). The molecule has 6 heteroatoms. The molecule has 0 radical (unpaired) electrons. The number of aliphatic hydroxyl groups excluding tert-OH is 1. The topological polar surface area (TPSA) is 58.6 Å². The van der Waals surface area contributed by atoms with E-state index >= 15 is 0 Å². The van der Waals surface area contributed by atoms with Crippen molar-refractivity contribution >= 4 is 5.91 Å². The van der Waals surface area contributed by atoms with Crippen LogP contribution in [0.5, 0.6) is 5.75 Å². The Labute approximate surface area is 110 Å². The van der Waals surface area contributed by atoms with Gasteiger partial charge in [-0.05, 0) is 38.0 Å². The highest BCUT2D eigenvalue weighted by Crippen LogP contribution is 2.16. The number of carbonyl (C=O) groups is 1. The maximum absolute atomic E-state index is 12.1. The summed E-state index contributed by atoms with van der Waals surface area (Å²) < 4.78 is 28.3. The summed E-state index contributed by atoms with van der Waals surface area (Å²) in [5.41, 5.74) is 0.258. The second-order valence-electron chi connectivity index (χ2n) is 4.15. The quantitative estimate of drug-likeness (QED) is 0.800. The van der Waals surface area contributed by atoms with Gasteiger partial charge in [0.15, 0.2) is 0 Å². The molecule has 0 bridgehead atoms. The highest BCUT2D eigenvalue weighted by Gasteiger charge is 2.11. The number of nitrogens with one attached hydrogen (secondary N) is 1. The molecular weight excluding hydrogens is 256 g/mol. The van der Waals surface area contributed by atoms with E-state index in [4.69, 9.17) is 5.11 Å². The van der Waals surface area contributed by atoms with E-state index in [0.29, 0.717) is 12.8 Å². The fourth-order valence-corrected chi connectivity index (χ4v) is 1.59. The van der Waals surface area contributed by atoms with Crippen LogP contribution in [-0.4, -0.2) is 30.3 Å². The molecule has 0 saturated heterocycles. The lowest BCUT2D eigenvalue weighted by atomic mass is 10.1. The molecule has 0 aliphatic rings. The number of aliphatic hydroxyl groups is 1. The predicted molar refractivity (Wildman–Crippen MR) is 66.3 cm³/mol. The largest absolute Gasteiger partial charge is 0.435 e. The monoisotopic (exact) mass is 273 g/mol. The number of hydrogen-bond acceptors (Lipinski definition) is 3. The molecule has 19 heavy (non-hydrogen) atoms. The number of benzene rings is 1. The molecule has 106 valence electrons. The normalized spacial score (nSPS) is 12.3. The van der Waals surface area contributed by atoms with Crippen molar-refractivity contribution in [1.29, 1.82) is 0 Å². The lowest BCUT2D eigenvalue weighted by molar-refractivity contribution is -0.0498. The van der Waals surface area contributed by atoms with Crippen molar-refractivity contribution in [2.45, 2.75) is 32.4 Å². The van der Waals surface area contributed by atoms with E-state index in [1.54, 1.807) is 0 Å². The van der Waals surface area contributed by atoms with E-state index < -0.39 is 6.61 Å². The molecule has 0 spiro atoms. The minimum absolute atomic E-state index is 0.0503. The molecule has 0 heterocycles. The molecule has 0 aromatic heterocycles. The van der Waals surface area contributed by atoms with Gasteiger partial charge >= 0.3 is 6.61 Å². The molecule has 0 aliphatic carbocycles. The van der Waals surface area contributed by atoms with Crippen molar-refractivity contribution in [3.63, 3.8) is 0 Å². The smallest absolute Gasteiger partial charge is 0.387 e. The summed E-state index contributed by atoms with van der Waals surface area (Å²) in [7, 11) is 0. The van der Waals surface area contributed by atoms with E-state index in [-0.39, 0.29) is 29.9 Å². The third-order valence-corrected chi connectivity index (χ3v) is 2.49. The van der Waals surface area contributed by atoms with Crippen molar-refractivity contribution in [1.82, 2.24) is 5.32 Å². The summed E-state index contributed by atoms with van der Waals surface area (Å²) in [6.45, 7) is -1.04. The van der Waals surface area contributed by atoms with Gasteiger partial charge in [0.1, 0.15) is 5.75 Å². The molecule has 0 fully saturated rings. The van der Waals surface area contributed by atoms with Gasteiger partial charge in [-0.2, -0.15) is 8.78 Å². The molecule has 1 rings (SSSR count). The minimum Gasteiger partial charge on any atom is -0.435 e. The first-order valence-electron chi connectivity index (χ1n) is 5.99. The van der Waals surface area contributed by atoms with Crippen LogP contribution < -0.4 is 10.1 Å². The number of ether oxygens (including phenoxy) is 1. The highest BCUT2D eigenvalue weighted by atomic mass is 19.3. The number of alkyl halides is 2. The third kappa shape index (κ3) is 5.65. The first-order chi connectivity index (χ1) is 9.02. The van der Waals surface area contributed by atoms with Gasteiger partial charge in [0.25, 0.3) is 5.91 Å². The molecule has 2 N–H and O–H groups in total. The predicted octanol–water partition coefficient (Wildman–Crippen LogP) is 2.18. The number of rotatable bonds is 7. The van der Waals surface area contributed by atoms with Crippen molar-refractivity contribution in [2.75, 3.05) is 6.61 Å². The van der Waals surface area contributed by atoms with Gasteiger partial charge in [-0.15, -0.1) is 0 Å². The zero-order valence-corrected chi connectivity index (χ0v) is 10.6. The maximum Gasteiger partial charge on any atom is 0.387 e. The zero-order chi connectivity index (χ0) is 14.3. The van der Waals surface area contributed by atoms with Gasteiger partial charge in [-0.1, -0.05) is 6.07 Å². The number of carbonyl (C=O) groups excluding carboxylic acids is 1. The molecule has 0 aliphatic heterocycles. The van der Waals surface area contributed by atoms with Crippen LogP contribution in [-0.2, 0) is 0 Å². The van der Waals surface area contributed by atoms with Gasteiger partial charge in [-0.25, -0.2) is 0 Å². The summed E-state index contributed by atoms with van der Waals surface area (Å²) in [6, 6.07) is 5.52. The van der Waals surface area contributed by atoms with Gasteiger partial charge in [0, 0.05) is 18.2 Å². The van der Waals surface area contributed by atoms with Crippen LogP contribution in [0.3, 0.4) is 0 Å². The van der Waals surface area contributed by atoms with Crippen LogP contribution in [0.25, 0.3) is 0 Å². The molecule has 1 amide bonds. The molecular formula is C13H17F2NO3. The minimum atomic E-state index is -2.92. The lowest BCUT2D eigenvalue weighted by Crippen LogP contribution is -2.32. The van der Waals surface area contributed by atoms with Crippen LogP contribution >= 0.6 is 0 Å². The van der Waals surface area contributed by atoms with Crippen LogP contribution in [0.15, 0.2) is 24.3 Å². The van der Waals surface area contributed by atoms with E-state index in [1.807, 2.05) is 6.92 Å². The Balaban J connectivity index is 2.61. The van der Waals surface area contributed by atoms with Crippen LogP contribution in [0.2, 0.25) is 0 Å². The number of halogens is 2. The first-order valence-corrected chi connectivity index (χ1v) is 5.99. The molecule has 1 unspecified atom stereocenters. The molecule has 4 nitrogen and oxygen atoms in total. The van der Waals surface area contributed by atoms with Crippen LogP contribution in [0.4, 0.5) is 8.78 Å². The van der Waals surface area contributed by atoms with E-state index in [9.17, 15) is 13.6 Å². The summed E-state index contributed by atoms with van der Waals surface area (Å²) in [5.74, 6) is -0.407. The van der Waals surface area contributed by atoms with Crippen molar-refractivity contribution in [3.8, 4) is 5.75 Å². The fourth-order valence-electron chi connectivity index (χ4n) is 1.59. The second kappa shape index (κ2) is 7.68. The Morgan fingerprint density at radius 3 is 2.84 bits per heavy atom. The van der Waals surface area contributed by atoms with Crippen molar-refractivity contribution < 1.29 is 23.4 Å². The Bertz CT molecular complexity index is 413. The van der Waals surface area contributed by atoms with E-state index in [0.717, 1.165) is 0 Å². The van der Waals surface area contributed by atoms with Crippen LogP contribution in [0, 0.1) is 0 Å². The van der Waals surface area contributed by atoms with Gasteiger partial charge in [0.05, 0.1) is 0 Å². The SMILES string of the molecule is CC(CCCO)NC(=O)c1cccc(OC(F)F)c1. The Hall–Kier alpha value is -1.69. The molecule has 1 atom stereocenters. The molecule has 1 aromatic rings. The van der Waals surface area contributed by atoms with E-state index in [2.05, 4.69) is 10.1 Å². The maximum atomic E-state index is 12.1. The number of hydrogen-bond donors (Lipinski definition) is 2. The average Bonchev–Trinajstić information content (AvgIpc) is 2.35. The van der Waals surface area contributed by atoms with Crippen molar-refractivity contribution in [2.24, 2.45) is 0 Å². The van der Waals surface area contributed by atoms with Gasteiger partial charge in [0.2, 0.25) is 0 Å². The summed E-state index contributed by atoms with van der Waals surface area (Å²) >= 11 is 0. The summed E-state index contributed by atoms with van der Waals surface area (Å²) in [6.07, 6.45) is 1.24. The molecule has 1 aromatic carbocycles. The Kier molecular flexibility index (Phi) is 6.21. The third-order valence-electron chi connectivity index (χ3n) is 2.49. The highest BCUT2D eigenvalue weighted by molar-refractivity contribution is 5.94. The van der Waals surface area contributed by atoms with E-state index in [1.165, 1.54) is 24.3 Å². The Morgan fingerprint density at radius 1 is 1.47 bits per heavy atom. The average molecular weight is 273 g/mol. The van der Waals surface area contributed by atoms with Gasteiger partial charge in [-0.3, -0.25) is 4.79 Å². The van der Waals surface area contributed by atoms with Crippen LogP contribution in [0.1, 0.15) is 30.1 Å². The van der Waals surface area contributed by atoms with Crippen molar-refractivity contribution in [3.05, 3.63) is 29.8 Å². The summed E-state index contributed by atoms with van der Waals surface area (Å²) in [4.78, 5) is 11.8. The number of amides is 1. The second-order valence-corrected chi connectivity index (χ2v) is 4.15.